The van der Waals surface area contributed by atoms with E-state index in [1.54, 1.807) is 0 Å². The molecule has 0 amide bonds. The van der Waals surface area contributed by atoms with Crippen molar-refractivity contribution >= 4 is 25.4 Å². The van der Waals surface area contributed by atoms with E-state index < -0.39 is 7.92 Å². The van der Waals surface area contributed by atoms with Crippen molar-refractivity contribution in [2.45, 2.75) is 177 Å². The van der Waals surface area contributed by atoms with Crippen molar-refractivity contribution in [3.05, 3.63) is 0 Å². The summed E-state index contributed by atoms with van der Waals surface area (Å²) in [6.45, 7) is 20.1. The topological polar surface area (TPSA) is 72.9 Å². The summed E-state index contributed by atoms with van der Waals surface area (Å²) < 4.78 is 11.2. The van der Waals surface area contributed by atoms with Gasteiger partial charge >= 0.3 is 11.9 Å². The fourth-order valence-electron chi connectivity index (χ4n) is 6.55. The molecule has 7 heteroatoms. The molecular weight excluding hydrogens is 641 g/mol. The number of hydrogen-bond donors (Lipinski definition) is 0. The largest absolute Gasteiger partial charge is 0.466 e. The summed E-state index contributed by atoms with van der Waals surface area (Å²) in [7, 11) is 3.49. The van der Waals surface area contributed by atoms with E-state index in [4.69, 9.17) is 9.47 Å². The summed E-state index contributed by atoms with van der Waals surface area (Å²) in [5.74, 6) is 3.86. The first-order valence-corrected chi connectivity index (χ1v) is 22.7. The second kappa shape index (κ2) is 31.5. The fourth-order valence-corrected chi connectivity index (χ4v) is 8.90. The molecule has 0 radical (unpaired) electrons. The molecule has 0 rings (SSSR count). The van der Waals surface area contributed by atoms with Gasteiger partial charge in [-0.25, -0.2) is 0 Å². The van der Waals surface area contributed by atoms with Crippen LogP contribution in [0, 0.1) is 35.5 Å². The summed E-state index contributed by atoms with van der Waals surface area (Å²) in [6.07, 6.45) is 21.2. The molecule has 0 aromatic carbocycles. The molecule has 0 aliphatic rings. The summed E-state index contributed by atoms with van der Waals surface area (Å²) in [5.41, 5.74) is 0.479. The van der Waals surface area contributed by atoms with E-state index in [1.807, 2.05) is 14.1 Å². The molecule has 0 bridgehead atoms. The average molecular weight is 726 g/mol. The van der Waals surface area contributed by atoms with E-state index in [-0.39, 0.29) is 11.9 Å². The smallest absolute Gasteiger partial charge is 0.305 e. The van der Waals surface area contributed by atoms with E-state index in [0.717, 1.165) is 108 Å². The molecule has 0 saturated carbocycles. The van der Waals surface area contributed by atoms with Crippen molar-refractivity contribution in [3.63, 3.8) is 0 Å². The molecule has 0 N–H and O–H groups in total. The van der Waals surface area contributed by atoms with Gasteiger partial charge in [-0.2, -0.15) is 0 Å². The number of ether oxygens (including phenoxy) is 2. The van der Waals surface area contributed by atoms with E-state index >= 15 is 0 Å². The Labute approximate surface area is 312 Å². The Morgan fingerprint density at radius 3 is 1.24 bits per heavy atom. The van der Waals surface area contributed by atoms with Crippen LogP contribution in [0.5, 0.6) is 0 Å². The van der Waals surface area contributed by atoms with Crippen LogP contribution >= 0.6 is 7.92 Å². The van der Waals surface area contributed by atoms with Gasteiger partial charge in [0, 0.05) is 25.8 Å². The highest BCUT2D eigenvalue weighted by Gasteiger charge is 2.18. The normalized spacial score (nSPS) is 13.8. The van der Waals surface area contributed by atoms with Crippen molar-refractivity contribution in [1.29, 1.82) is 0 Å². The fraction of sp³-hybridized carbons (Fsp3) is 0.930. The maximum atomic E-state index is 13.1. The van der Waals surface area contributed by atoms with Gasteiger partial charge in [-0.15, -0.1) is 0 Å². The van der Waals surface area contributed by atoms with Gasteiger partial charge in [0.25, 0.3) is 0 Å². The molecule has 0 saturated heterocycles. The first-order valence-electron chi connectivity index (χ1n) is 21.0. The summed E-state index contributed by atoms with van der Waals surface area (Å²) in [4.78, 5) is 39.7. The Balaban J connectivity index is 4.22. The van der Waals surface area contributed by atoms with Crippen molar-refractivity contribution in [3.8, 4) is 0 Å². The molecule has 2 unspecified atom stereocenters. The van der Waals surface area contributed by atoms with Crippen LogP contribution in [0.3, 0.4) is 0 Å². The Morgan fingerprint density at radius 1 is 0.500 bits per heavy atom. The Kier molecular flexibility index (Phi) is 30.9. The van der Waals surface area contributed by atoms with Crippen molar-refractivity contribution in [2.75, 3.05) is 46.2 Å². The number of nitrogens with zero attached hydrogens (tertiary/aromatic N) is 1. The Bertz CT molecular complexity index is 787. The number of carbonyl (C=O) groups is 3. The third kappa shape index (κ3) is 29.6. The van der Waals surface area contributed by atoms with Gasteiger partial charge in [-0.05, 0) is 121 Å². The van der Waals surface area contributed by atoms with Crippen LogP contribution in [-0.4, -0.2) is 68.5 Å². The zero-order valence-electron chi connectivity index (χ0n) is 34.9. The molecule has 0 aromatic rings. The van der Waals surface area contributed by atoms with Gasteiger partial charge in [0.2, 0.25) is 0 Å². The number of unbranched alkanes of at least 4 members (excludes halogenated alkanes) is 8. The maximum absolute atomic E-state index is 13.1. The van der Waals surface area contributed by atoms with Gasteiger partial charge in [0.15, 0.2) is 5.52 Å². The lowest BCUT2D eigenvalue weighted by molar-refractivity contribution is -0.145. The van der Waals surface area contributed by atoms with Crippen molar-refractivity contribution in [2.24, 2.45) is 35.5 Å². The zero-order valence-corrected chi connectivity index (χ0v) is 35.8. The predicted octanol–water partition coefficient (Wildman–Crippen LogP) is 11.9. The standard InChI is InChI=1S/C43H84NO5P/c1-35(2)23-25-39(37(5)6)28-31-48-41(45)21-17-13-11-15-19-33-50(43(47)27-30-44(9)10)34-20-16-12-14-18-22-42(46)49-32-29-40(38(7)8)26-24-36(3)4/h35-40H,11-34H2,1-10H3. The van der Waals surface area contributed by atoms with Crippen LogP contribution in [-0.2, 0) is 23.9 Å². The molecule has 2 atom stereocenters. The molecule has 0 heterocycles. The summed E-state index contributed by atoms with van der Waals surface area (Å²) in [6, 6.07) is 0. The van der Waals surface area contributed by atoms with Crippen LogP contribution in [0.4, 0.5) is 0 Å². The minimum absolute atomic E-state index is 0.0472. The number of rotatable bonds is 34. The number of esters is 2. The Hall–Kier alpha value is -1.00. The minimum atomic E-state index is -0.584. The third-order valence-electron chi connectivity index (χ3n) is 10.4. The number of carbonyl (C=O) groups excluding carboxylic acids is 3. The van der Waals surface area contributed by atoms with Crippen LogP contribution in [0.15, 0.2) is 0 Å². The lowest BCUT2D eigenvalue weighted by atomic mass is 9.86. The average Bonchev–Trinajstić information content (AvgIpc) is 3.04. The second-order valence-electron chi connectivity index (χ2n) is 16.9. The molecular formula is C43H84NO5P. The number of hydrogen-bond acceptors (Lipinski definition) is 6. The highest BCUT2D eigenvalue weighted by atomic mass is 31.1. The maximum Gasteiger partial charge on any atom is 0.305 e. The monoisotopic (exact) mass is 726 g/mol. The molecule has 0 fully saturated rings. The first-order chi connectivity index (χ1) is 23.7. The highest BCUT2D eigenvalue weighted by molar-refractivity contribution is 7.74. The first kappa shape index (κ1) is 49.0. The van der Waals surface area contributed by atoms with Gasteiger partial charge < -0.3 is 14.4 Å². The van der Waals surface area contributed by atoms with Gasteiger partial charge in [0.05, 0.1) is 13.2 Å². The van der Waals surface area contributed by atoms with Crippen LogP contribution in [0.2, 0.25) is 0 Å². The summed E-state index contributed by atoms with van der Waals surface area (Å²) >= 11 is 0. The Morgan fingerprint density at radius 2 is 0.880 bits per heavy atom. The highest BCUT2D eigenvalue weighted by Crippen LogP contribution is 2.40. The van der Waals surface area contributed by atoms with E-state index in [1.165, 1.54) is 25.7 Å². The quantitative estimate of drug-likeness (QED) is 0.0373. The second-order valence-corrected chi connectivity index (χ2v) is 19.4. The third-order valence-corrected chi connectivity index (χ3v) is 13.0. The van der Waals surface area contributed by atoms with Crippen molar-refractivity contribution < 1.29 is 23.9 Å². The van der Waals surface area contributed by atoms with Gasteiger partial charge in [-0.3, -0.25) is 14.4 Å². The molecule has 0 aliphatic heterocycles. The molecule has 0 aromatic heterocycles. The SMILES string of the molecule is CC(C)CCC(CCOC(=O)CCCCCCCP(CCCCCCCC(=O)OCCC(CCC(C)C)C(C)C)C(=O)CCN(C)C)C(C)C. The lowest BCUT2D eigenvalue weighted by Crippen LogP contribution is -2.17. The van der Waals surface area contributed by atoms with Crippen LogP contribution < -0.4 is 0 Å². The van der Waals surface area contributed by atoms with Gasteiger partial charge in [-0.1, -0.05) is 107 Å². The molecule has 0 aliphatic carbocycles. The molecule has 0 spiro atoms. The van der Waals surface area contributed by atoms with E-state index in [0.29, 0.717) is 61.7 Å². The van der Waals surface area contributed by atoms with Gasteiger partial charge in [0.1, 0.15) is 0 Å². The lowest BCUT2D eigenvalue weighted by Gasteiger charge is -2.21. The van der Waals surface area contributed by atoms with Crippen LogP contribution in [0.25, 0.3) is 0 Å². The van der Waals surface area contributed by atoms with Crippen molar-refractivity contribution in [1.82, 2.24) is 4.90 Å². The van der Waals surface area contributed by atoms with Crippen LogP contribution in [0.1, 0.15) is 177 Å². The molecule has 50 heavy (non-hydrogen) atoms. The van der Waals surface area contributed by atoms with E-state index in [9.17, 15) is 14.4 Å². The predicted molar refractivity (Wildman–Crippen MR) is 216 cm³/mol. The summed E-state index contributed by atoms with van der Waals surface area (Å²) in [5, 5.41) is 0. The zero-order chi connectivity index (χ0) is 37.7. The molecule has 6 nitrogen and oxygen atoms in total. The molecule has 296 valence electrons. The minimum Gasteiger partial charge on any atom is -0.466 e. The van der Waals surface area contributed by atoms with E-state index in [2.05, 4.69) is 60.3 Å².